The normalized spacial score (nSPS) is 16.8. The fraction of sp³-hybridized carbons (Fsp3) is 0.500. The molecule has 1 aliphatic carbocycles. The highest BCUT2D eigenvalue weighted by Crippen LogP contribution is 2.31. The average molecular weight is 370 g/mol. The van der Waals surface area contributed by atoms with E-state index in [9.17, 15) is 16.8 Å². The Morgan fingerprint density at radius 1 is 1.09 bits per heavy atom. The van der Waals surface area contributed by atoms with E-state index in [0.29, 0.717) is 5.92 Å². The molecule has 1 unspecified atom stereocenters. The molecule has 0 bridgehead atoms. The van der Waals surface area contributed by atoms with E-state index in [0.717, 1.165) is 12.8 Å². The fourth-order valence-corrected chi connectivity index (χ4v) is 3.70. The zero-order valence-corrected chi connectivity index (χ0v) is 14.5. The van der Waals surface area contributed by atoms with Crippen molar-refractivity contribution in [2.45, 2.75) is 28.7 Å². The van der Waals surface area contributed by atoms with Crippen LogP contribution in [0.5, 0.6) is 0 Å². The summed E-state index contributed by atoms with van der Waals surface area (Å²) in [4.78, 5) is 0.0270. The molecule has 126 valence electrons. The highest BCUT2D eigenvalue weighted by molar-refractivity contribution is 7.90. The predicted molar refractivity (Wildman–Crippen MR) is 85.8 cm³/mol. The highest BCUT2D eigenvalue weighted by Gasteiger charge is 2.29. The van der Waals surface area contributed by atoms with Gasteiger partial charge in [-0.2, -0.15) is 0 Å². The molecule has 1 aromatic rings. The lowest BCUT2D eigenvalue weighted by molar-refractivity contribution is 0.547. The smallest absolute Gasteiger partial charge is 0.240 e. The number of rotatable bonds is 7. The summed E-state index contributed by atoms with van der Waals surface area (Å²) in [6, 6.07) is 4.84. The maximum Gasteiger partial charge on any atom is 0.240 e. The maximum atomic E-state index is 12.1. The van der Waals surface area contributed by atoms with Crippen LogP contribution in [-0.4, -0.2) is 36.5 Å². The minimum atomic E-state index is -3.68. The number of hydrogen-bond acceptors (Lipinski definition) is 5. The third-order valence-corrected chi connectivity index (χ3v) is 6.32. The average Bonchev–Trinajstić information content (AvgIpc) is 3.29. The summed E-state index contributed by atoms with van der Waals surface area (Å²) in [6.45, 7) is 0.184. The van der Waals surface area contributed by atoms with Gasteiger partial charge in [-0.05, 0) is 50.1 Å². The number of benzene rings is 1. The molecule has 1 saturated carbocycles. The Labute approximate surface area is 137 Å². The van der Waals surface area contributed by atoms with E-state index in [-0.39, 0.29) is 34.8 Å². The van der Waals surface area contributed by atoms with Crippen molar-refractivity contribution in [2.24, 2.45) is 11.7 Å². The molecule has 1 aromatic carbocycles. The molecular formula is C12H20ClN3O4S2. The van der Waals surface area contributed by atoms with Crippen LogP contribution < -0.4 is 15.2 Å². The van der Waals surface area contributed by atoms with Crippen LogP contribution in [0.1, 0.15) is 12.8 Å². The molecule has 0 saturated heterocycles. The summed E-state index contributed by atoms with van der Waals surface area (Å²) in [5.41, 5.74) is 5.85. The summed E-state index contributed by atoms with van der Waals surface area (Å²) < 4.78 is 51.9. The molecule has 22 heavy (non-hydrogen) atoms. The summed E-state index contributed by atoms with van der Waals surface area (Å²) in [5.74, 6) is 0.399. The van der Waals surface area contributed by atoms with Crippen LogP contribution in [0.15, 0.2) is 34.1 Å². The van der Waals surface area contributed by atoms with Gasteiger partial charge in [0.25, 0.3) is 0 Å². The van der Waals surface area contributed by atoms with Crippen molar-refractivity contribution < 1.29 is 16.8 Å². The molecule has 4 N–H and O–H groups in total. The van der Waals surface area contributed by atoms with Crippen molar-refractivity contribution in [3.8, 4) is 0 Å². The monoisotopic (exact) mass is 369 g/mol. The first-order valence-electron chi connectivity index (χ1n) is 6.55. The summed E-state index contributed by atoms with van der Waals surface area (Å²) in [5, 5.41) is 0. The number of hydrogen-bond donors (Lipinski definition) is 3. The zero-order chi connectivity index (χ0) is 15.7. The van der Waals surface area contributed by atoms with E-state index in [2.05, 4.69) is 9.44 Å². The lowest BCUT2D eigenvalue weighted by Gasteiger charge is -2.12. The molecule has 1 fully saturated rings. The van der Waals surface area contributed by atoms with Crippen LogP contribution in [0.25, 0.3) is 0 Å². The van der Waals surface area contributed by atoms with Crippen LogP contribution >= 0.6 is 12.4 Å². The van der Waals surface area contributed by atoms with E-state index >= 15 is 0 Å². The number of halogens is 1. The number of sulfonamides is 2. The SMILES string of the molecule is CNS(=O)(=O)c1ccc(S(=O)(=O)NCC(N)C2CC2)cc1.Cl. The second-order valence-electron chi connectivity index (χ2n) is 5.03. The molecule has 7 nitrogen and oxygen atoms in total. The molecule has 2 rings (SSSR count). The van der Waals surface area contributed by atoms with Crippen LogP contribution in [-0.2, 0) is 20.0 Å². The van der Waals surface area contributed by atoms with Gasteiger partial charge in [0.05, 0.1) is 9.79 Å². The van der Waals surface area contributed by atoms with Crippen molar-refractivity contribution in [3.05, 3.63) is 24.3 Å². The first-order valence-corrected chi connectivity index (χ1v) is 9.52. The molecule has 1 atom stereocenters. The quantitative estimate of drug-likeness (QED) is 0.626. The van der Waals surface area contributed by atoms with Gasteiger partial charge in [0, 0.05) is 12.6 Å². The van der Waals surface area contributed by atoms with Crippen molar-refractivity contribution in [2.75, 3.05) is 13.6 Å². The van der Waals surface area contributed by atoms with Gasteiger partial charge in [-0.1, -0.05) is 0 Å². The largest absolute Gasteiger partial charge is 0.326 e. The Balaban J connectivity index is 0.00000242. The first-order chi connectivity index (χ1) is 9.76. The van der Waals surface area contributed by atoms with Gasteiger partial charge in [-0.25, -0.2) is 26.3 Å². The molecule has 0 radical (unpaired) electrons. The number of nitrogens with one attached hydrogen (secondary N) is 2. The molecule has 0 heterocycles. The summed E-state index contributed by atoms with van der Waals surface area (Å²) in [6.07, 6.45) is 2.08. The van der Waals surface area contributed by atoms with Crippen molar-refractivity contribution in [1.29, 1.82) is 0 Å². The Bertz CT molecular complexity index is 700. The predicted octanol–water partition coefficient (Wildman–Crippen LogP) is 0.0321. The molecule has 0 spiro atoms. The molecule has 1 aliphatic rings. The van der Waals surface area contributed by atoms with E-state index < -0.39 is 20.0 Å². The van der Waals surface area contributed by atoms with Gasteiger partial charge in [0.15, 0.2) is 0 Å². The molecule has 0 aliphatic heterocycles. The molecular weight excluding hydrogens is 350 g/mol. The third kappa shape index (κ3) is 4.64. The Kier molecular flexibility index (Phi) is 6.36. The van der Waals surface area contributed by atoms with Gasteiger partial charge < -0.3 is 5.73 Å². The van der Waals surface area contributed by atoms with E-state index in [4.69, 9.17) is 5.73 Å². The lowest BCUT2D eigenvalue weighted by atomic mass is 10.2. The molecule has 0 amide bonds. The van der Waals surface area contributed by atoms with Gasteiger partial charge in [-0.15, -0.1) is 12.4 Å². The minimum absolute atomic E-state index is 0. The molecule has 0 aromatic heterocycles. The maximum absolute atomic E-state index is 12.1. The van der Waals surface area contributed by atoms with Crippen LogP contribution in [0.4, 0.5) is 0 Å². The van der Waals surface area contributed by atoms with Gasteiger partial charge in [0.1, 0.15) is 0 Å². The second-order valence-corrected chi connectivity index (χ2v) is 8.69. The van der Waals surface area contributed by atoms with E-state index in [1.165, 1.54) is 31.3 Å². The third-order valence-electron chi connectivity index (χ3n) is 3.45. The van der Waals surface area contributed by atoms with E-state index in [1.54, 1.807) is 0 Å². The van der Waals surface area contributed by atoms with Gasteiger partial charge in [-0.3, -0.25) is 0 Å². The van der Waals surface area contributed by atoms with Crippen molar-refractivity contribution in [1.82, 2.24) is 9.44 Å². The Morgan fingerprint density at radius 2 is 1.55 bits per heavy atom. The van der Waals surface area contributed by atoms with Crippen LogP contribution in [0.2, 0.25) is 0 Å². The van der Waals surface area contributed by atoms with Gasteiger partial charge >= 0.3 is 0 Å². The Morgan fingerprint density at radius 3 is 1.95 bits per heavy atom. The second kappa shape index (κ2) is 7.24. The van der Waals surface area contributed by atoms with Crippen molar-refractivity contribution >= 4 is 32.5 Å². The lowest BCUT2D eigenvalue weighted by Crippen LogP contribution is -2.38. The summed E-state index contributed by atoms with van der Waals surface area (Å²) >= 11 is 0. The Hall–Kier alpha value is -0.710. The topological polar surface area (TPSA) is 118 Å². The fourth-order valence-electron chi connectivity index (χ4n) is 1.90. The number of nitrogens with two attached hydrogens (primary N) is 1. The zero-order valence-electron chi connectivity index (χ0n) is 12.0. The first kappa shape index (κ1) is 19.3. The molecule has 10 heteroatoms. The van der Waals surface area contributed by atoms with Crippen LogP contribution in [0, 0.1) is 5.92 Å². The highest BCUT2D eigenvalue weighted by atomic mass is 35.5. The van der Waals surface area contributed by atoms with Gasteiger partial charge in [0.2, 0.25) is 20.0 Å². The van der Waals surface area contributed by atoms with E-state index in [1.807, 2.05) is 0 Å². The standard InChI is InChI=1S/C12H19N3O4S2.ClH/c1-14-20(16,17)10-4-6-11(7-5-10)21(18,19)15-8-12(13)9-2-3-9;/h4-7,9,12,14-15H,2-3,8,13H2,1H3;1H. The minimum Gasteiger partial charge on any atom is -0.326 e. The van der Waals surface area contributed by atoms with Crippen molar-refractivity contribution in [3.63, 3.8) is 0 Å². The van der Waals surface area contributed by atoms with Crippen LogP contribution in [0.3, 0.4) is 0 Å². The summed E-state index contributed by atoms with van der Waals surface area (Å²) in [7, 11) is -5.96.